The van der Waals surface area contributed by atoms with Crippen LogP contribution in [0.25, 0.3) is 5.65 Å². The van der Waals surface area contributed by atoms with Crippen molar-refractivity contribution < 1.29 is 9.59 Å². The lowest BCUT2D eigenvalue weighted by Crippen LogP contribution is -2.24. The summed E-state index contributed by atoms with van der Waals surface area (Å²) in [4.78, 5) is 23.9. The molecule has 0 unspecified atom stereocenters. The molecule has 0 aliphatic rings. The molecule has 0 aliphatic carbocycles. The van der Waals surface area contributed by atoms with Gasteiger partial charge < -0.3 is 5.32 Å². The fraction of sp³-hybridized carbons (Fsp3) is 0.176. The van der Waals surface area contributed by atoms with Crippen molar-refractivity contribution in [1.29, 1.82) is 0 Å². The van der Waals surface area contributed by atoms with Crippen molar-refractivity contribution in [2.24, 2.45) is 0 Å². The number of benzene rings is 1. The van der Waals surface area contributed by atoms with Gasteiger partial charge in [-0.15, -0.1) is 10.2 Å². The minimum atomic E-state index is -0.204. The fourth-order valence-corrected chi connectivity index (χ4v) is 2.41. The molecule has 2 heterocycles. The van der Waals surface area contributed by atoms with Gasteiger partial charge >= 0.3 is 0 Å². The predicted octanol–water partition coefficient (Wildman–Crippen LogP) is 2.66. The van der Waals surface area contributed by atoms with Crippen LogP contribution in [-0.4, -0.2) is 26.3 Å². The highest BCUT2D eigenvalue weighted by Gasteiger charge is 2.11. The number of nitrogens with one attached hydrogen (secondary N) is 1. The van der Waals surface area contributed by atoms with Crippen molar-refractivity contribution in [3.05, 3.63) is 65.1 Å². The lowest BCUT2D eigenvalue weighted by molar-refractivity contribution is -0.121. The van der Waals surface area contributed by atoms with Gasteiger partial charge in [-0.1, -0.05) is 17.7 Å². The van der Waals surface area contributed by atoms with Crippen molar-refractivity contribution in [2.75, 3.05) is 0 Å². The molecule has 0 atom stereocenters. The molecule has 1 N–H and O–H groups in total. The molecule has 0 saturated carbocycles. The first-order valence-electron chi connectivity index (χ1n) is 7.47. The molecule has 0 radical (unpaired) electrons. The predicted molar refractivity (Wildman–Crippen MR) is 89.9 cm³/mol. The van der Waals surface area contributed by atoms with E-state index >= 15 is 0 Å². The van der Waals surface area contributed by atoms with Crippen LogP contribution >= 0.6 is 11.6 Å². The molecule has 0 fully saturated rings. The molecule has 0 spiro atoms. The molecule has 0 aliphatic heterocycles. The van der Waals surface area contributed by atoms with E-state index in [1.54, 1.807) is 28.7 Å². The van der Waals surface area contributed by atoms with E-state index in [9.17, 15) is 9.59 Å². The van der Waals surface area contributed by atoms with E-state index in [4.69, 9.17) is 11.6 Å². The molecular weight excluding hydrogens is 328 g/mol. The van der Waals surface area contributed by atoms with Crippen LogP contribution in [0, 0.1) is 0 Å². The molecule has 24 heavy (non-hydrogen) atoms. The van der Waals surface area contributed by atoms with Gasteiger partial charge in [0.05, 0.1) is 6.54 Å². The molecule has 3 aromatic rings. The number of hydrogen-bond donors (Lipinski definition) is 1. The van der Waals surface area contributed by atoms with Crippen LogP contribution in [0.4, 0.5) is 0 Å². The number of carbonyl (C=O) groups is 2. The molecule has 122 valence electrons. The normalized spacial score (nSPS) is 10.7. The second-order valence-electron chi connectivity index (χ2n) is 5.25. The maximum absolute atomic E-state index is 12.0. The molecule has 3 rings (SSSR count). The van der Waals surface area contributed by atoms with Gasteiger partial charge in [0.2, 0.25) is 5.91 Å². The molecule has 1 aromatic carbocycles. The van der Waals surface area contributed by atoms with E-state index in [1.165, 1.54) is 0 Å². The van der Waals surface area contributed by atoms with E-state index < -0.39 is 0 Å². The summed E-state index contributed by atoms with van der Waals surface area (Å²) >= 11 is 5.79. The first-order valence-corrected chi connectivity index (χ1v) is 7.85. The van der Waals surface area contributed by atoms with E-state index in [1.807, 2.05) is 24.4 Å². The fourth-order valence-electron chi connectivity index (χ4n) is 2.28. The highest BCUT2D eigenvalue weighted by Crippen LogP contribution is 2.12. The summed E-state index contributed by atoms with van der Waals surface area (Å²) in [6.45, 7) is 0.263. The molecule has 1 amide bonds. The lowest BCUT2D eigenvalue weighted by Gasteiger charge is -2.04. The highest BCUT2D eigenvalue weighted by atomic mass is 35.5. The van der Waals surface area contributed by atoms with E-state index in [0.717, 1.165) is 5.65 Å². The van der Waals surface area contributed by atoms with Crippen molar-refractivity contribution in [1.82, 2.24) is 19.9 Å². The van der Waals surface area contributed by atoms with Crippen molar-refractivity contribution in [3.8, 4) is 0 Å². The zero-order valence-corrected chi connectivity index (χ0v) is 13.5. The Kier molecular flexibility index (Phi) is 4.86. The third kappa shape index (κ3) is 3.78. The number of fused-ring (bicyclic) bond motifs is 1. The summed E-state index contributed by atoms with van der Waals surface area (Å²) in [6, 6.07) is 12.2. The van der Waals surface area contributed by atoms with Gasteiger partial charge in [0, 0.05) is 29.6 Å². The Morgan fingerprint density at radius 1 is 1.04 bits per heavy atom. The Morgan fingerprint density at radius 3 is 2.62 bits per heavy atom. The number of rotatable bonds is 6. The van der Waals surface area contributed by atoms with Crippen LogP contribution in [0.15, 0.2) is 48.7 Å². The second-order valence-corrected chi connectivity index (χ2v) is 5.69. The van der Waals surface area contributed by atoms with Gasteiger partial charge in [-0.25, -0.2) is 0 Å². The smallest absolute Gasteiger partial charge is 0.220 e. The molecule has 0 bridgehead atoms. The van der Waals surface area contributed by atoms with Crippen molar-refractivity contribution in [2.45, 2.75) is 19.4 Å². The summed E-state index contributed by atoms with van der Waals surface area (Å²) in [5.74, 6) is 0.350. The van der Waals surface area contributed by atoms with E-state index in [-0.39, 0.29) is 31.1 Å². The third-order valence-corrected chi connectivity index (χ3v) is 3.83. The summed E-state index contributed by atoms with van der Waals surface area (Å²) in [5, 5.41) is 11.4. The van der Waals surface area contributed by atoms with Gasteiger partial charge in [-0.3, -0.25) is 14.0 Å². The Bertz CT molecular complexity index is 874. The van der Waals surface area contributed by atoms with Gasteiger partial charge in [0.1, 0.15) is 0 Å². The molecule has 7 heteroatoms. The molecular formula is C17H15ClN4O2. The van der Waals surface area contributed by atoms with Crippen molar-refractivity contribution >= 4 is 28.9 Å². The standard InChI is InChI=1S/C17H15ClN4O2/c18-13-6-4-12(5-7-13)14(23)8-9-17(24)19-11-16-21-20-15-3-1-2-10-22(15)16/h1-7,10H,8-9,11H2,(H,19,24). The lowest BCUT2D eigenvalue weighted by atomic mass is 10.1. The molecule has 2 aromatic heterocycles. The average Bonchev–Trinajstić information content (AvgIpc) is 3.01. The third-order valence-electron chi connectivity index (χ3n) is 3.57. The number of carbonyl (C=O) groups excluding carboxylic acids is 2. The number of hydrogen-bond acceptors (Lipinski definition) is 4. The molecule has 0 saturated heterocycles. The number of nitrogens with zero attached hydrogens (tertiary/aromatic N) is 3. The van der Waals surface area contributed by atoms with E-state index in [0.29, 0.717) is 16.4 Å². The minimum absolute atomic E-state index is 0.0882. The summed E-state index contributed by atoms with van der Waals surface area (Å²) in [7, 11) is 0. The topological polar surface area (TPSA) is 76.4 Å². The Morgan fingerprint density at radius 2 is 1.83 bits per heavy atom. The second kappa shape index (κ2) is 7.23. The van der Waals surface area contributed by atoms with Crippen LogP contribution < -0.4 is 5.32 Å². The number of halogens is 1. The number of aromatic nitrogens is 3. The summed E-state index contributed by atoms with van der Waals surface area (Å²) in [6.07, 6.45) is 2.10. The Labute approximate surface area is 143 Å². The maximum Gasteiger partial charge on any atom is 0.220 e. The first-order chi connectivity index (χ1) is 11.6. The number of Topliss-reactive ketones (excluding diaryl/α,β-unsaturated/α-hetero) is 1. The SMILES string of the molecule is O=C(CCC(=O)c1ccc(Cl)cc1)NCc1nnc2ccccn12. The number of pyridine rings is 1. The Hall–Kier alpha value is -2.73. The van der Waals surface area contributed by atoms with Gasteiger partial charge in [-0.2, -0.15) is 0 Å². The first kappa shape index (κ1) is 16.1. The largest absolute Gasteiger partial charge is 0.349 e. The van der Waals surface area contributed by atoms with Crippen LogP contribution in [0.5, 0.6) is 0 Å². The Balaban J connectivity index is 1.51. The average molecular weight is 343 g/mol. The summed E-state index contributed by atoms with van der Waals surface area (Å²) in [5.41, 5.74) is 1.27. The van der Waals surface area contributed by atoms with Gasteiger partial charge in [0.25, 0.3) is 0 Å². The number of amides is 1. The highest BCUT2D eigenvalue weighted by molar-refractivity contribution is 6.30. The van der Waals surface area contributed by atoms with Crippen LogP contribution in [-0.2, 0) is 11.3 Å². The summed E-state index contributed by atoms with van der Waals surface area (Å²) < 4.78 is 1.80. The quantitative estimate of drug-likeness (QED) is 0.699. The van der Waals surface area contributed by atoms with E-state index in [2.05, 4.69) is 15.5 Å². The van der Waals surface area contributed by atoms with Crippen LogP contribution in [0.1, 0.15) is 29.0 Å². The zero-order chi connectivity index (χ0) is 16.9. The van der Waals surface area contributed by atoms with Crippen LogP contribution in [0.2, 0.25) is 5.02 Å². The number of ketones is 1. The minimum Gasteiger partial charge on any atom is -0.349 e. The van der Waals surface area contributed by atoms with Crippen LogP contribution in [0.3, 0.4) is 0 Å². The molecule has 6 nitrogen and oxygen atoms in total. The van der Waals surface area contributed by atoms with Gasteiger partial charge in [-0.05, 0) is 36.4 Å². The van der Waals surface area contributed by atoms with Crippen molar-refractivity contribution in [3.63, 3.8) is 0 Å². The van der Waals surface area contributed by atoms with Gasteiger partial charge in [0.15, 0.2) is 17.3 Å². The monoisotopic (exact) mass is 342 g/mol. The zero-order valence-electron chi connectivity index (χ0n) is 12.8. The maximum atomic E-state index is 12.0.